The van der Waals surface area contributed by atoms with Crippen LogP contribution in [0.5, 0.6) is 0 Å². The van der Waals surface area contributed by atoms with Crippen LogP contribution in [0.2, 0.25) is 0 Å². The van der Waals surface area contributed by atoms with Gasteiger partial charge in [-0.3, -0.25) is 4.21 Å². The molecular formula is C19H16N4O3S2. The molecule has 0 N–H and O–H groups in total. The Bertz CT molecular complexity index is 1310. The predicted octanol–water partition coefficient (Wildman–Crippen LogP) is 2.78. The second-order valence-electron chi connectivity index (χ2n) is 6.21. The first-order chi connectivity index (χ1) is 13.4. The Morgan fingerprint density at radius 2 is 1.75 bits per heavy atom. The predicted molar refractivity (Wildman–Crippen MR) is 107 cm³/mol. The molecule has 0 spiro atoms. The van der Waals surface area contributed by atoms with E-state index in [1.165, 1.54) is 18.6 Å². The van der Waals surface area contributed by atoms with E-state index < -0.39 is 20.8 Å². The third-order valence-corrected chi connectivity index (χ3v) is 6.65. The molecule has 0 fully saturated rings. The quantitative estimate of drug-likeness (QED) is 0.478. The molecule has 28 heavy (non-hydrogen) atoms. The normalized spacial score (nSPS) is 12.9. The van der Waals surface area contributed by atoms with E-state index in [4.69, 9.17) is 0 Å². The number of benzene rings is 1. The van der Waals surface area contributed by atoms with Gasteiger partial charge in [0.1, 0.15) is 0 Å². The summed E-state index contributed by atoms with van der Waals surface area (Å²) < 4.78 is 39.3. The zero-order valence-corrected chi connectivity index (χ0v) is 16.7. The summed E-state index contributed by atoms with van der Waals surface area (Å²) in [6.45, 7) is 1.89. The van der Waals surface area contributed by atoms with Gasteiger partial charge in [-0.25, -0.2) is 27.3 Å². The monoisotopic (exact) mass is 412 g/mol. The SMILES string of the molecule is Cc1ccc(S(=O)(=O)n2cc(-c3ccnc(S(C)=O)n3)c3cccnc32)cc1. The average molecular weight is 412 g/mol. The van der Waals surface area contributed by atoms with Gasteiger partial charge in [0.15, 0.2) is 5.65 Å². The van der Waals surface area contributed by atoms with Gasteiger partial charge in [0.25, 0.3) is 10.0 Å². The van der Waals surface area contributed by atoms with Gasteiger partial charge < -0.3 is 0 Å². The Hall–Kier alpha value is -2.91. The van der Waals surface area contributed by atoms with Crippen molar-refractivity contribution in [3.8, 4) is 11.3 Å². The van der Waals surface area contributed by atoms with E-state index in [9.17, 15) is 12.6 Å². The van der Waals surface area contributed by atoms with Crippen LogP contribution in [0.1, 0.15) is 5.56 Å². The van der Waals surface area contributed by atoms with Crippen molar-refractivity contribution in [1.82, 2.24) is 18.9 Å². The smallest absolute Gasteiger partial charge is 0.251 e. The van der Waals surface area contributed by atoms with E-state index in [1.807, 2.05) is 6.92 Å². The molecule has 0 bridgehead atoms. The Morgan fingerprint density at radius 3 is 2.46 bits per heavy atom. The van der Waals surface area contributed by atoms with Crippen LogP contribution in [0.4, 0.5) is 0 Å². The van der Waals surface area contributed by atoms with Gasteiger partial charge in [-0.2, -0.15) is 0 Å². The number of rotatable bonds is 4. The van der Waals surface area contributed by atoms with Crippen LogP contribution in [-0.4, -0.2) is 37.8 Å². The third-order valence-electron chi connectivity index (χ3n) is 4.28. The van der Waals surface area contributed by atoms with Gasteiger partial charge in [0.05, 0.1) is 21.4 Å². The second kappa shape index (κ2) is 6.92. The van der Waals surface area contributed by atoms with Crippen LogP contribution in [0.25, 0.3) is 22.3 Å². The molecule has 9 heteroatoms. The maximum atomic E-state index is 13.2. The van der Waals surface area contributed by atoms with Gasteiger partial charge in [-0.15, -0.1) is 0 Å². The van der Waals surface area contributed by atoms with Crippen molar-refractivity contribution in [3.05, 3.63) is 66.6 Å². The van der Waals surface area contributed by atoms with Crippen LogP contribution in [-0.2, 0) is 20.8 Å². The van der Waals surface area contributed by atoms with Crippen LogP contribution in [0, 0.1) is 6.92 Å². The molecule has 0 aliphatic rings. The highest BCUT2D eigenvalue weighted by molar-refractivity contribution is 7.90. The summed E-state index contributed by atoms with van der Waals surface area (Å²) in [6.07, 6.45) is 6.04. The number of pyridine rings is 1. The molecule has 0 saturated heterocycles. The third kappa shape index (κ3) is 3.12. The van der Waals surface area contributed by atoms with Crippen LogP contribution < -0.4 is 0 Å². The van der Waals surface area contributed by atoms with Crippen LogP contribution >= 0.6 is 0 Å². The molecule has 1 unspecified atom stereocenters. The first kappa shape index (κ1) is 18.5. The summed E-state index contributed by atoms with van der Waals surface area (Å²) in [5, 5.41) is 0.813. The summed E-state index contributed by atoms with van der Waals surface area (Å²) in [5.74, 6) is 0. The maximum Gasteiger partial charge on any atom is 0.269 e. The van der Waals surface area contributed by atoms with Crippen molar-refractivity contribution in [2.24, 2.45) is 0 Å². The Balaban J connectivity index is 1.96. The zero-order chi connectivity index (χ0) is 19.9. The zero-order valence-electron chi connectivity index (χ0n) is 15.1. The minimum atomic E-state index is -3.85. The summed E-state index contributed by atoms with van der Waals surface area (Å²) >= 11 is 0. The molecule has 4 aromatic rings. The van der Waals surface area contributed by atoms with Crippen molar-refractivity contribution in [2.45, 2.75) is 17.0 Å². The Morgan fingerprint density at radius 1 is 1.00 bits per heavy atom. The molecular weight excluding hydrogens is 396 g/mol. The van der Waals surface area contributed by atoms with Crippen molar-refractivity contribution in [2.75, 3.05) is 6.26 Å². The van der Waals surface area contributed by atoms with Crippen molar-refractivity contribution in [1.29, 1.82) is 0 Å². The molecule has 142 valence electrons. The van der Waals surface area contributed by atoms with Gasteiger partial charge in [0, 0.05) is 35.8 Å². The number of fused-ring (bicyclic) bond motifs is 1. The fourth-order valence-electron chi connectivity index (χ4n) is 2.87. The summed E-state index contributed by atoms with van der Waals surface area (Å²) in [6, 6.07) is 11.8. The highest BCUT2D eigenvalue weighted by Gasteiger charge is 2.23. The Kier molecular flexibility index (Phi) is 4.56. The number of aryl methyl sites for hydroxylation is 1. The van der Waals surface area contributed by atoms with Gasteiger partial charge in [-0.1, -0.05) is 17.7 Å². The van der Waals surface area contributed by atoms with Crippen molar-refractivity contribution < 1.29 is 12.6 Å². The summed E-state index contributed by atoms with van der Waals surface area (Å²) in [7, 11) is -5.20. The van der Waals surface area contributed by atoms with E-state index in [2.05, 4.69) is 15.0 Å². The van der Waals surface area contributed by atoms with Crippen LogP contribution in [0.3, 0.4) is 0 Å². The maximum absolute atomic E-state index is 13.2. The highest BCUT2D eigenvalue weighted by Crippen LogP contribution is 2.31. The minimum Gasteiger partial charge on any atom is -0.251 e. The molecule has 3 heterocycles. The van der Waals surface area contributed by atoms with Crippen molar-refractivity contribution in [3.63, 3.8) is 0 Å². The van der Waals surface area contributed by atoms with Crippen LogP contribution in [0.15, 0.2) is 71.1 Å². The summed E-state index contributed by atoms with van der Waals surface area (Å²) in [5.41, 5.74) is 2.33. The molecule has 1 aromatic carbocycles. The average Bonchev–Trinajstić information content (AvgIpc) is 3.09. The lowest BCUT2D eigenvalue weighted by Gasteiger charge is -2.07. The van der Waals surface area contributed by atoms with E-state index >= 15 is 0 Å². The lowest BCUT2D eigenvalue weighted by molar-refractivity contribution is 0.588. The molecule has 0 radical (unpaired) electrons. The lowest BCUT2D eigenvalue weighted by Crippen LogP contribution is -2.12. The molecule has 7 nitrogen and oxygen atoms in total. The molecule has 0 amide bonds. The standard InChI is InChI=1S/C19H16N4O3S2/c1-13-5-7-14(8-6-13)28(25,26)23-12-16(15-4-3-10-20-18(15)23)17-9-11-21-19(22-17)27(2)24/h3-12H,1-2H3. The number of hydrogen-bond donors (Lipinski definition) is 0. The van der Waals surface area contributed by atoms with E-state index in [-0.39, 0.29) is 10.1 Å². The van der Waals surface area contributed by atoms with Gasteiger partial charge >= 0.3 is 0 Å². The number of aromatic nitrogens is 4. The van der Waals surface area contributed by atoms with Gasteiger partial charge in [-0.05, 0) is 37.3 Å². The molecule has 0 aliphatic heterocycles. The number of hydrogen-bond acceptors (Lipinski definition) is 6. The molecule has 3 aromatic heterocycles. The van der Waals surface area contributed by atoms with Gasteiger partial charge in [0.2, 0.25) is 5.16 Å². The highest BCUT2D eigenvalue weighted by atomic mass is 32.2. The lowest BCUT2D eigenvalue weighted by atomic mass is 10.1. The van der Waals surface area contributed by atoms with E-state index in [0.29, 0.717) is 22.3 Å². The Labute approximate surface area is 164 Å². The fraction of sp³-hybridized carbons (Fsp3) is 0.105. The fourth-order valence-corrected chi connectivity index (χ4v) is 4.63. The first-order valence-electron chi connectivity index (χ1n) is 8.33. The number of nitrogens with zero attached hydrogens (tertiary/aromatic N) is 4. The molecule has 1 atom stereocenters. The first-order valence-corrected chi connectivity index (χ1v) is 11.3. The molecule has 0 saturated carbocycles. The molecule has 0 aliphatic carbocycles. The van der Waals surface area contributed by atoms with E-state index in [1.54, 1.807) is 48.7 Å². The summed E-state index contributed by atoms with van der Waals surface area (Å²) in [4.78, 5) is 12.8. The van der Waals surface area contributed by atoms with Crippen molar-refractivity contribution >= 4 is 31.9 Å². The molecule has 4 rings (SSSR count). The second-order valence-corrected chi connectivity index (χ2v) is 9.30. The largest absolute Gasteiger partial charge is 0.269 e. The topological polar surface area (TPSA) is 94.8 Å². The minimum absolute atomic E-state index is 0.172. The van der Waals surface area contributed by atoms with E-state index in [0.717, 1.165) is 9.54 Å².